The first kappa shape index (κ1) is 15.5. The Bertz CT molecular complexity index is 345. The van der Waals surface area contributed by atoms with E-state index in [-0.39, 0.29) is 0 Å². The molecular formula is C16H29N3O. The molecule has 0 spiro atoms. The molecule has 1 saturated carbocycles. The van der Waals surface area contributed by atoms with Gasteiger partial charge in [-0.2, -0.15) is 0 Å². The molecule has 1 N–H and O–H groups in total. The van der Waals surface area contributed by atoms with Crippen LogP contribution in [0.15, 0.2) is 22.8 Å². The van der Waals surface area contributed by atoms with Gasteiger partial charge in [-0.15, -0.1) is 0 Å². The molecule has 0 atom stereocenters. The van der Waals surface area contributed by atoms with Crippen LogP contribution in [0, 0.1) is 0 Å². The quantitative estimate of drug-likeness (QED) is 0.629. The molecule has 0 saturated heterocycles. The highest BCUT2D eigenvalue weighted by atomic mass is 16.3. The molecular weight excluding hydrogens is 250 g/mol. The minimum absolute atomic E-state index is 0.782. The zero-order valence-electron chi connectivity index (χ0n) is 13.0. The molecule has 0 bridgehead atoms. The van der Waals surface area contributed by atoms with Crippen LogP contribution >= 0.6 is 0 Å². The van der Waals surface area contributed by atoms with E-state index in [4.69, 9.17) is 4.42 Å². The second kappa shape index (κ2) is 8.45. The largest absolute Gasteiger partial charge is 0.468 e. The van der Waals surface area contributed by atoms with Crippen LogP contribution in [0.4, 0.5) is 0 Å². The summed E-state index contributed by atoms with van der Waals surface area (Å²) in [6.07, 6.45) is 4.46. The lowest BCUT2D eigenvalue weighted by molar-refractivity contribution is 0.231. The maximum atomic E-state index is 5.46. The monoisotopic (exact) mass is 279 g/mol. The van der Waals surface area contributed by atoms with E-state index in [1.165, 1.54) is 12.8 Å². The predicted molar refractivity (Wildman–Crippen MR) is 82.8 cm³/mol. The molecule has 1 aromatic rings. The van der Waals surface area contributed by atoms with Crippen molar-refractivity contribution in [3.63, 3.8) is 0 Å². The zero-order chi connectivity index (χ0) is 14.2. The van der Waals surface area contributed by atoms with Crippen molar-refractivity contribution in [3.8, 4) is 0 Å². The maximum Gasteiger partial charge on any atom is 0.117 e. The summed E-state index contributed by atoms with van der Waals surface area (Å²) in [6, 6.07) is 4.83. The van der Waals surface area contributed by atoms with E-state index in [1.54, 1.807) is 6.26 Å². The summed E-state index contributed by atoms with van der Waals surface area (Å²) in [4.78, 5) is 5.00. The van der Waals surface area contributed by atoms with Crippen LogP contribution in [0.1, 0.15) is 32.4 Å². The molecule has 0 aromatic carbocycles. The number of rotatable bonds is 11. The van der Waals surface area contributed by atoms with Gasteiger partial charge in [0.1, 0.15) is 5.76 Å². The van der Waals surface area contributed by atoms with Crippen molar-refractivity contribution in [2.75, 3.05) is 39.3 Å². The Morgan fingerprint density at radius 3 is 2.55 bits per heavy atom. The van der Waals surface area contributed by atoms with E-state index in [2.05, 4.69) is 35.0 Å². The number of hydrogen-bond acceptors (Lipinski definition) is 4. The SMILES string of the molecule is CCN(CC)CCNCCN(Cc1ccco1)C1CC1. The highest BCUT2D eigenvalue weighted by molar-refractivity contribution is 4.99. The summed E-state index contributed by atoms with van der Waals surface area (Å²) in [5, 5.41) is 3.56. The Morgan fingerprint density at radius 1 is 1.20 bits per heavy atom. The normalized spacial score (nSPS) is 15.4. The minimum atomic E-state index is 0.782. The van der Waals surface area contributed by atoms with Gasteiger partial charge in [0.2, 0.25) is 0 Å². The highest BCUT2D eigenvalue weighted by Gasteiger charge is 2.28. The third-order valence-electron chi connectivity index (χ3n) is 4.08. The molecule has 0 aliphatic heterocycles. The van der Waals surface area contributed by atoms with Crippen molar-refractivity contribution in [2.45, 2.75) is 39.3 Å². The zero-order valence-corrected chi connectivity index (χ0v) is 13.0. The molecule has 20 heavy (non-hydrogen) atoms. The van der Waals surface area contributed by atoms with E-state index in [9.17, 15) is 0 Å². The van der Waals surface area contributed by atoms with Gasteiger partial charge in [0.05, 0.1) is 12.8 Å². The fourth-order valence-corrected chi connectivity index (χ4v) is 2.56. The van der Waals surface area contributed by atoms with Crippen molar-refractivity contribution in [1.82, 2.24) is 15.1 Å². The first-order chi connectivity index (χ1) is 9.83. The maximum absolute atomic E-state index is 5.46. The first-order valence-corrected chi connectivity index (χ1v) is 8.03. The molecule has 0 radical (unpaired) electrons. The molecule has 1 aliphatic carbocycles. The van der Waals surface area contributed by atoms with Crippen LogP contribution in [0.2, 0.25) is 0 Å². The summed E-state index contributed by atoms with van der Waals surface area (Å²) in [5.74, 6) is 1.08. The Kier molecular flexibility index (Phi) is 6.57. The second-order valence-electron chi connectivity index (χ2n) is 5.56. The predicted octanol–water partition coefficient (Wildman–Crippen LogP) is 2.18. The van der Waals surface area contributed by atoms with Crippen molar-refractivity contribution in [2.24, 2.45) is 0 Å². The average Bonchev–Trinajstić information content (AvgIpc) is 3.19. The van der Waals surface area contributed by atoms with E-state index in [1.807, 2.05) is 6.07 Å². The fraction of sp³-hybridized carbons (Fsp3) is 0.750. The lowest BCUT2D eigenvalue weighted by Crippen LogP contribution is -2.37. The van der Waals surface area contributed by atoms with Crippen LogP contribution in [0.5, 0.6) is 0 Å². The standard InChI is InChI=1S/C16H29N3O/c1-3-18(4-2)11-9-17-10-12-19(15-7-8-15)14-16-6-5-13-20-16/h5-6,13,15,17H,3-4,7-12,14H2,1-2H3. The van der Waals surface area contributed by atoms with E-state index in [0.29, 0.717) is 0 Å². The van der Waals surface area contributed by atoms with Crippen molar-refractivity contribution < 1.29 is 4.42 Å². The molecule has 1 aromatic heterocycles. The average molecular weight is 279 g/mol. The van der Waals surface area contributed by atoms with Crippen LogP contribution < -0.4 is 5.32 Å². The number of nitrogens with one attached hydrogen (secondary N) is 1. The summed E-state index contributed by atoms with van der Waals surface area (Å²) in [5.41, 5.74) is 0. The topological polar surface area (TPSA) is 31.6 Å². The van der Waals surface area contributed by atoms with Crippen molar-refractivity contribution in [1.29, 1.82) is 0 Å². The number of hydrogen-bond donors (Lipinski definition) is 1. The Labute approximate surface area is 123 Å². The molecule has 1 heterocycles. The second-order valence-corrected chi connectivity index (χ2v) is 5.56. The van der Waals surface area contributed by atoms with Crippen molar-refractivity contribution >= 4 is 0 Å². The first-order valence-electron chi connectivity index (χ1n) is 8.03. The van der Waals surface area contributed by atoms with E-state index in [0.717, 1.165) is 57.6 Å². The fourth-order valence-electron chi connectivity index (χ4n) is 2.56. The molecule has 1 aliphatic rings. The van der Waals surface area contributed by atoms with Gasteiger partial charge < -0.3 is 14.6 Å². The molecule has 2 rings (SSSR count). The summed E-state index contributed by atoms with van der Waals surface area (Å²) in [7, 11) is 0. The van der Waals surface area contributed by atoms with E-state index >= 15 is 0 Å². The van der Waals surface area contributed by atoms with Gasteiger partial charge in [0, 0.05) is 32.2 Å². The summed E-state index contributed by atoms with van der Waals surface area (Å²) in [6.45, 7) is 12.1. The third-order valence-corrected chi connectivity index (χ3v) is 4.08. The van der Waals surface area contributed by atoms with Crippen LogP contribution in [-0.2, 0) is 6.54 Å². The van der Waals surface area contributed by atoms with Gasteiger partial charge >= 0.3 is 0 Å². The summed E-state index contributed by atoms with van der Waals surface area (Å²) >= 11 is 0. The lowest BCUT2D eigenvalue weighted by atomic mass is 10.3. The summed E-state index contributed by atoms with van der Waals surface area (Å²) < 4.78 is 5.46. The van der Waals surface area contributed by atoms with Gasteiger partial charge in [-0.05, 0) is 38.1 Å². The number of likely N-dealkylation sites (N-methyl/N-ethyl adjacent to an activating group) is 1. The number of furan rings is 1. The van der Waals surface area contributed by atoms with Gasteiger partial charge in [-0.1, -0.05) is 13.8 Å². The van der Waals surface area contributed by atoms with Crippen LogP contribution in [-0.4, -0.2) is 55.1 Å². The third kappa shape index (κ3) is 5.27. The van der Waals surface area contributed by atoms with Gasteiger partial charge in [0.25, 0.3) is 0 Å². The molecule has 4 heteroatoms. The Morgan fingerprint density at radius 2 is 1.95 bits per heavy atom. The molecule has 114 valence electrons. The van der Waals surface area contributed by atoms with Crippen molar-refractivity contribution in [3.05, 3.63) is 24.2 Å². The van der Waals surface area contributed by atoms with Crippen LogP contribution in [0.25, 0.3) is 0 Å². The number of nitrogens with zero attached hydrogens (tertiary/aromatic N) is 2. The van der Waals surface area contributed by atoms with Gasteiger partial charge in [-0.25, -0.2) is 0 Å². The Hall–Kier alpha value is -0.840. The highest BCUT2D eigenvalue weighted by Crippen LogP contribution is 2.27. The van der Waals surface area contributed by atoms with Crippen LogP contribution in [0.3, 0.4) is 0 Å². The Balaban J connectivity index is 1.60. The van der Waals surface area contributed by atoms with E-state index < -0.39 is 0 Å². The molecule has 1 fully saturated rings. The lowest BCUT2D eigenvalue weighted by Gasteiger charge is -2.22. The molecule has 0 amide bonds. The minimum Gasteiger partial charge on any atom is -0.468 e. The smallest absolute Gasteiger partial charge is 0.117 e. The molecule has 0 unspecified atom stereocenters. The van der Waals surface area contributed by atoms with Gasteiger partial charge in [-0.3, -0.25) is 4.90 Å². The van der Waals surface area contributed by atoms with Gasteiger partial charge in [0.15, 0.2) is 0 Å². The molecule has 4 nitrogen and oxygen atoms in total.